The lowest BCUT2D eigenvalue weighted by atomic mass is 9.86. The number of nitrogens with zero attached hydrogens (tertiary/aromatic N) is 3. The van der Waals surface area contributed by atoms with Gasteiger partial charge in [-0.2, -0.15) is 0 Å². The fourth-order valence-corrected chi connectivity index (χ4v) is 4.78. The summed E-state index contributed by atoms with van der Waals surface area (Å²) in [7, 11) is 0. The lowest BCUT2D eigenvalue weighted by Crippen LogP contribution is -2.60. The normalized spacial score (nSPS) is 25.4. The lowest BCUT2D eigenvalue weighted by molar-refractivity contribution is -0.132. The van der Waals surface area contributed by atoms with Gasteiger partial charge in [0.2, 0.25) is 11.8 Å². The first-order valence-corrected chi connectivity index (χ1v) is 10.6. The molecular formula is C22H29FN4O3. The maximum atomic E-state index is 13.6. The van der Waals surface area contributed by atoms with Crippen molar-refractivity contribution in [3.8, 4) is 0 Å². The van der Waals surface area contributed by atoms with Gasteiger partial charge in [0.1, 0.15) is 12.4 Å². The first kappa shape index (κ1) is 20.8. The Bertz CT molecular complexity index is 922. The fraction of sp³-hybridized carbons (Fsp3) is 0.545. The Morgan fingerprint density at radius 3 is 2.67 bits per heavy atom. The molecular weight excluding hydrogens is 387 g/mol. The highest BCUT2D eigenvalue weighted by Gasteiger charge is 2.37. The van der Waals surface area contributed by atoms with Crippen LogP contribution in [-0.2, 0) is 16.1 Å². The predicted molar refractivity (Wildman–Crippen MR) is 111 cm³/mol. The highest BCUT2D eigenvalue weighted by atomic mass is 19.1. The van der Waals surface area contributed by atoms with E-state index in [0.29, 0.717) is 18.6 Å². The summed E-state index contributed by atoms with van der Waals surface area (Å²) in [6.07, 6.45) is 3.67. The van der Waals surface area contributed by atoms with Crippen molar-refractivity contribution in [3.63, 3.8) is 0 Å². The Labute approximate surface area is 175 Å². The van der Waals surface area contributed by atoms with E-state index in [4.69, 9.17) is 0 Å². The van der Waals surface area contributed by atoms with Gasteiger partial charge in [-0.25, -0.2) is 4.39 Å². The Morgan fingerprint density at radius 2 is 1.93 bits per heavy atom. The van der Waals surface area contributed by atoms with E-state index in [-0.39, 0.29) is 36.3 Å². The van der Waals surface area contributed by atoms with Crippen LogP contribution >= 0.6 is 0 Å². The number of aliphatic hydroxyl groups excluding tert-OH is 1. The summed E-state index contributed by atoms with van der Waals surface area (Å²) in [5.74, 6) is -0.442. The number of halogens is 1. The number of carbonyl (C=O) groups excluding carboxylic acids is 2. The minimum atomic E-state index is -0.648. The van der Waals surface area contributed by atoms with Gasteiger partial charge in [-0.1, -0.05) is 0 Å². The summed E-state index contributed by atoms with van der Waals surface area (Å²) in [6, 6.07) is 6.06. The smallest absolute Gasteiger partial charge is 0.240 e. The molecule has 2 amide bonds. The average molecular weight is 416 g/mol. The molecule has 4 rings (SSSR count). The molecule has 0 unspecified atom stereocenters. The van der Waals surface area contributed by atoms with Crippen molar-refractivity contribution in [2.45, 2.75) is 50.9 Å². The van der Waals surface area contributed by atoms with Crippen molar-refractivity contribution in [1.29, 1.82) is 0 Å². The molecule has 1 aromatic heterocycles. The zero-order valence-corrected chi connectivity index (χ0v) is 17.3. The van der Waals surface area contributed by atoms with Gasteiger partial charge in [0.15, 0.2) is 0 Å². The Morgan fingerprint density at radius 1 is 1.17 bits per heavy atom. The molecule has 1 saturated carbocycles. The van der Waals surface area contributed by atoms with Crippen LogP contribution in [0, 0.1) is 5.82 Å². The van der Waals surface area contributed by atoms with Crippen LogP contribution in [0.3, 0.4) is 0 Å². The number of fused-ring (bicyclic) bond motifs is 1. The molecule has 2 aliphatic rings. The molecule has 1 aromatic carbocycles. The van der Waals surface area contributed by atoms with Crippen LogP contribution in [0.1, 0.15) is 26.2 Å². The summed E-state index contributed by atoms with van der Waals surface area (Å²) >= 11 is 0. The van der Waals surface area contributed by atoms with Crippen molar-refractivity contribution in [2.75, 3.05) is 26.2 Å². The molecule has 0 spiro atoms. The van der Waals surface area contributed by atoms with Crippen molar-refractivity contribution in [1.82, 2.24) is 19.7 Å². The second kappa shape index (κ2) is 8.73. The molecule has 30 heavy (non-hydrogen) atoms. The zero-order valence-electron chi connectivity index (χ0n) is 17.3. The molecule has 1 aliphatic carbocycles. The van der Waals surface area contributed by atoms with E-state index in [1.165, 1.54) is 12.1 Å². The third kappa shape index (κ3) is 4.34. The molecule has 2 aromatic rings. The van der Waals surface area contributed by atoms with Crippen molar-refractivity contribution in [3.05, 3.63) is 36.3 Å². The third-order valence-corrected chi connectivity index (χ3v) is 6.45. The minimum Gasteiger partial charge on any atom is -0.389 e. The molecule has 8 heteroatoms. The summed E-state index contributed by atoms with van der Waals surface area (Å²) in [4.78, 5) is 28.3. The maximum Gasteiger partial charge on any atom is 0.240 e. The largest absolute Gasteiger partial charge is 0.389 e. The molecule has 2 heterocycles. The average Bonchev–Trinajstić information content (AvgIpc) is 3.11. The van der Waals surface area contributed by atoms with Gasteiger partial charge in [-0.15, -0.1) is 0 Å². The van der Waals surface area contributed by atoms with E-state index in [1.807, 2.05) is 11.0 Å². The minimum absolute atomic E-state index is 0.0142. The molecule has 7 nitrogen and oxygen atoms in total. The molecule has 1 aliphatic heterocycles. The van der Waals surface area contributed by atoms with Gasteiger partial charge >= 0.3 is 0 Å². The van der Waals surface area contributed by atoms with E-state index in [1.54, 1.807) is 23.8 Å². The fourth-order valence-electron chi connectivity index (χ4n) is 4.78. The molecule has 1 saturated heterocycles. The third-order valence-electron chi connectivity index (χ3n) is 6.45. The number of piperazine rings is 1. The summed E-state index contributed by atoms with van der Waals surface area (Å²) in [5, 5.41) is 14.8. The SMILES string of the molecule is CC(=O)N1CCN([C@@H]2CCC[C@@H](NC(=O)Cn3ccc4ccc(F)cc43)[C@H]2O)CC1. The Hall–Kier alpha value is -2.45. The second-order valence-corrected chi connectivity index (χ2v) is 8.35. The van der Waals surface area contributed by atoms with Crippen LogP contribution in [0.2, 0.25) is 0 Å². The van der Waals surface area contributed by atoms with E-state index < -0.39 is 6.10 Å². The molecule has 162 valence electrons. The number of aromatic nitrogens is 1. The summed E-state index contributed by atoms with van der Waals surface area (Å²) in [6.45, 7) is 4.49. The van der Waals surface area contributed by atoms with E-state index in [0.717, 1.165) is 37.7 Å². The predicted octanol–water partition coefficient (Wildman–Crippen LogP) is 1.34. The van der Waals surface area contributed by atoms with Gasteiger partial charge in [-0.05, 0) is 48.9 Å². The molecule has 0 radical (unpaired) electrons. The number of rotatable bonds is 4. The van der Waals surface area contributed by atoms with Crippen LogP contribution in [0.4, 0.5) is 4.39 Å². The molecule has 3 atom stereocenters. The number of aliphatic hydroxyl groups is 1. The monoisotopic (exact) mass is 416 g/mol. The topological polar surface area (TPSA) is 77.8 Å². The van der Waals surface area contributed by atoms with E-state index in [9.17, 15) is 19.1 Å². The Kier molecular flexibility index (Phi) is 6.06. The maximum absolute atomic E-state index is 13.6. The quantitative estimate of drug-likeness (QED) is 0.789. The first-order chi connectivity index (χ1) is 14.4. The van der Waals surface area contributed by atoms with Crippen LogP contribution in [0.15, 0.2) is 30.5 Å². The number of amides is 2. The van der Waals surface area contributed by atoms with Crippen LogP contribution < -0.4 is 5.32 Å². The molecule has 2 N–H and O–H groups in total. The zero-order chi connectivity index (χ0) is 21.3. The molecule has 2 fully saturated rings. The lowest BCUT2D eigenvalue weighted by Gasteiger charge is -2.45. The van der Waals surface area contributed by atoms with Gasteiger partial charge < -0.3 is 19.9 Å². The Balaban J connectivity index is 1.36. The van der Waals surface area contributed by atoms with Crippen LogP contribution in [0.5, 0.6) is 0 Å². The molecule has 0 bridgehead atoms. The standard InChI is InChI=1S/C22H29FN4O3/c1-15(28)25-9-11-26(12-10-25)19-4-2-3-18(22(19)30)24-21(29)14-27-8-7-16-5-6-17(23)13-20(16)27/h5-8,13,18-19,22,30H,2-4,9-12,14H2,1H3,(H,24,29)/t18-,19-,22-/m1/s1. The second-order valence-electron chi connectivity index (χ2n) is 8.35. The van der Waals surface area contributed by atoms with Crippen LogP contribution in [0.25, 0.3) is 10.9 Å². The van der Waals surface area contributed by atoms with Gasteiger partial charge in [0, 0.05) is 45.3 Å². The summed E-state index contributed by atoms with van der Waals surface area (Å²) < 4.78 is 15.3. The number of hydrogen-bond acceptors (Lipinski definition) is 4. The number of carbonyl (C=O) groups is 2. The highest BCUT2D eigenvalue weighted by molar-refractivity contribution is 5.83. The van der Waals surface area contributed by atoms with Crippen molar-refractivity contribution < 1.29 is 19.1 Å². The van der Waals surface area contributed by atoms with Gasteiger partial charge in [0.05, 0.1) is 17.7 Å². The number of benzene rings is 1. The van der Waals surface area contributed by atoms with Crippen LogP contribution in [-0.4, -0.2) is 75.7 Å². The first-order valence-electron chi connectivity index (χ1n) is 10.6. The van der Waals surface area contributed by atoms with Crippen molar-refractivity contribution in [2.24, 2.45) is 0 Å². The number of nitrogens with one attached hydrogen (secondary N) is 1. The van der Waals surface area contributed by atoms with E-state index in [2.05, 4.69) is 10.2 Å². The highest BCUT2D eigenvalue weighted by Crippen LogP contribution is 2.25. The van der Waals surface area contributed by atoms with Gasteiger partial charge in [-0.3, -0.25) is 14.5 Å². The van der Waals surface area contributed by atoms with Crippen molar-refractivity contribution >= 4 is 22.7 Å². The van der Waals surface area contributed by atoms with Gasteiger partial charge in [0.25, 0.3) is 0 Å². The summed E-state index contributed by atoms with van der Waals surface area (Å²) in [5.41, 5.74) is 0.676. The number of hydrogen-bond donors (Lipinski definition) is 2. The van der Waals surface area contributed by atoms with E-state index >= 15 is 0 Å².